The van der Waals surface area contributed by atoms with Gasteiger partial charge in [0.15, 0.2) is 5.43 Å². The Hall–Kier alpha value is -4.61. The minimum Gasteiger partial charge on any atom is -0.352 e. The molecular weight excluding hydrogens is 667 g/mol. The van der Waals surface area contributed by atoms with E-state index in [1.54, 1.807) is 24.8 Å². The Bertz CT molecular complexity index is 1520. The van der Waals surface area contributed by atoms with Crippen LogP contribution in [0.2, 0.25) is 0 Å². The second-order valence-corrected chi connectivity index (χ2v) is 7.91. The van der Waals surface area contributed by atoms with Crippen LogP contribution in [-0.2, 0) is 21.1 Å². The Morgan fingerprint density at radius 2 is 0.821 bits per heavy atom. The Kier molecular flexibility index (Phi) is 10.7. The molecule has 6 aromatic heterocycles. The van der Waals surface area contributed by atoms with Gasteiger partial charge in [-0.25, -0.2) is 4.98 Å². The van der Waals surface area contributed by atoms with Gasteiger partial charge in [0, 0.05) is 58.0 Å². The summed E-state index contributed by atoms with van der Waals surface area (Å²) in [7, 11) is 0. The molecule has 0 radical (unpaired) electrons. The first kappa shape index (κ1) is 29.0. The first-order valence-electron chi connectivity index (χ1n) is 11.6. The molecule has 1 N–H and O–H groups in total. The van der Waals surface area contributed by atoms with Crippen molar-refractivity contribution >= 4 is 0 Å². The number of hydrogen-bond donors (Lipinski definition) is 1. The Morgan fingerprint density at radius 3 is 1.18 bits per heavy atom. The summed E-state index contributed by atoms with van der Waals surface area (Å²) in [6, 6.07) is 31.7. The molecule has 0 unspecified atom stereocenters. The fourth-order valence-electron chi connectivity index (χ4n) is 3.61. The maximum absolute atomic E-state index is 11.8. The number of pyridine rings is 6. The Morgan fingerprint density at radius 1 is 0.462 bits per heavy atom. The van der Waals surface area contributed by atoms with Crippen molar-refractivity contribution in [2.45, 2.75) is 7.43 Å². The van der Waals surface area contributed by atoms with Gasteiger partial charge in [0.2, 0.25) is 0 Å². The number of nitrogens with zero attached hydrogens (tertiary/aromatic N) is 5. The van der Waals surface area contributed by atoms with Crippen molar-refractivity contribution in [1.82, 2.24) is 29.9 Å². The van der Waals surface area contributed by atoms with Crippen LogP contribution in [0.3, 0.4) is 0 Å². The molecule has 7 nitrogen and oxygen atoms in total. The van der Waals surface area contributed by atoms with Crippen LogP contribution in [-0.4, -0.2) is 29.9 Å². The summed E-state index contributed by atoms with van der Waals surface area (Å²) in [5.41, 5.74) is 6.24. The van der Waals surface area contributed by atoms with E-state index in [0.717, 1.165) is 34.2 Å². The fraction of sp³-hybridized carbons (Fsp3) is 0.0323. The van der Waals surface area contributed by atoms with Gasteiger partial charge in [-0.3, -0.25) is 24.7 Å². The zero-order chi connectivity index (χ0) is 25.3. The SMILES string of the molecule is C.O=c1cc(-c2ccccn2)[nH]c(-c2ccccn2)c1.[Pt].c1ccc(-c2cccc(-c3ccccn3)n2)nc1. The maximum atomic E-state index is 11.8. The molecule has 0 amide bonds. The minimum atomic E-state index is -0.0694. The zero-order valence-corrected chi connectivity index (χ0v) is 22.4. The van der Waals surface area contributed by atoms with E-state index in [9.17, 15) is 4.79 Å². The minimum absolute atomic E-state index is 0. The zero-order valence-electron chi connectivity index (χ0n) is 20.1. The largest absolute Gasteiger partial charge is 0.352 e. The number of aromatic nitrogens is 6. The monoisotopic (exact) mass is 693 g/mol. The topological polar surface area (TPSA) is 97.3 Å². The third-order valence-electron chi connectivity index (χ3n) is 5.33. The van der Waals surface area contributed by atoms with Gasteiger partial charge in [-0.05, 0) is 60.7 Å². The third-order valence-corrected chi connectivity index (χ3v) is 5.33. The summed E-state index contributed by atoms with van der Waals surface area (Å²) in [6.07, 6.45) is 6.93. The quantitative estimate of drug-likeness (QED) is 0.232. The number of rotatable bonds is 4. The van der Waals surface area contributed by atoms with Crippen LogP contribution in [0.1, 0.15) is 7.43 Å². The summed E-state index contributed by atoms with van der Waals surface area (Å²) in [4.78, 5) is 36.6. The van der Waals surface area contributed by atoms with Crippen LogP contribution in [0.5, 0.6) is 0 Å². The average Bonchev–Trinajstić information content (AvgIpc) is 2.99. The normalized spacial score (nSPS) is 9.74. The second kappa shape index (κ2) is 14.4. The molecule has 0 aliphatic rings. The molecule has 0 aliphatic heterocycles. The average molecular weight is 694 g/mol. The van der Waals surface area contributed by atoms with Crippen molar-refractivity contribution < 1.29 is 21.1 Å². The molecule has 0 saturated heterocycles. The molecular formula is C31H26N6OPt. The van der Waals surface area contributed by atoms with Crippen molar-refractivity contribution in [2.75, 3.05) is 0 Å². The molecule has 0 atom stereocenters. The number of H-pyrrole nitrogens is 1. The van der Waals surface area contributed by atoms with Gasteiger partial charge in [-0.1, -0.05) is 37.8 Å². The molecule has 0 aromatic carbocycles. The van der Waals surface area contributed by atoms with Gasteiger partial charge in [0.05, 0.1) is 45.6 Å². The predicted molar refractivity (Wildman–Crippen MR) is 151 cm³/mol. The van der Waals surface area contributed by atoms with E-state index in [0.29, 0.717) is 11.4 Å². The van der Waals surface area contributed by atoms with E-state index in [-0.39, 0.29) is 33.9 Å². The maximum Gasteiger partial charge on any atom is 0.182 e. The van der Waals surface area contributed by atoms with Crippen molar-refractivity contribution in [3.63, 3.8) is 0 Å². The smallest absolute Gasteiger partial charge is 0.182 e. The van der Waals surface area contributed by atoms with Gasteiger partial charge in [0.1, 0.15) is 0 Å². The first-order chi connectivity index (χ1) is 18.3. The molecule has 6 rings (SSSR count). The van der Waals surface area contributed by atoms with Crippen molar-refractivity contribution in [1.29, 1.82) is 0 Å². The van der Waals surface area contributed by atoms with Crippen molar-refractivity contribution in [3.8, 4) is 45.6 Å². The molecule has 6 aromatic rings. The molecule has 196 valence electrons. The molecule has 0 fully saturated rings. The summed E-state index contributed by atoms with van der Waals surface area (Å²) in [5.74, 6) is 0. The van der Waals surface area contributed by atoms with Crippen LogP contribution in [0.25, 0.3) is 45.6 Å². The number of hydrogen-bond acceptors (Lipinski definition) is 6. The van der Waals surface area contributed by atoms with Crippen LogP contribution < -0.4 is 5.43 Å². The number of nitrogens with one attached hydrogen (secondary N) is 1. The van der Waals surface area contributed by atoms with Crippen LogP contribution in [0, 0.1) is 0 Å². The van der Waals surface area contributed by atoms with Gasteiger partial charge in [0.25, 0.3) is 0 Å². The van der Waals surface area contributed by atoms with Crippen molar-refractivity contribution in [3.05, 3.63) is 138 Å². The van der Waals surface area contributed by atoms with E-state index in [4.69, 9.17) is 0 Å². The summed E-state index contributed by atoms with van der Waals surface area (Å²) < 4.78 is 0. The van der Waals surface area contributed by atoms with Crippen LogP contribution >= 0.6 is 0 Å². The van der Waals surface area contributed by atoms with Gasteiger partial charge < -0.3 is 4.98 Å². The molecule has 0 saturated carbocycles. The predicted octanol–water partition coefficient (Wildman–Crippen LogP) is 6.34. The molecule has 39 heavy (non-hydrogen) atoms. The Labute approximate surface area is 241 Å². The molecule has 0 bridgehead atoms. The molecule has 8 heteroatoms. The first-order valence-corrected chi connectivity index (χ1v) is 11.6. The van der Waals surface area contributed by atoms with Crippen LogP contribution in [0.15, 0.2) is 133 Å². The third kappa shape index (κ3) is 7.69. The molecule has 0 spiro atoms. The van der Waals surface area contributed by atoms with E-state index in [1.807, 2.05) is 91.0 Å². The van der Waals surface area contributed by atoms with E-state index in [2.05, 4.69) is 29.9 Å². The fourth-order valence-corrected chi connectivity index (χ4v) is 3.61. The van der Waals surface area contributed by atoms with Crippen molar-refractivity contribution in [2.24, 2.45) is 0 Å². The summed E-state index contributed by atoms with van der Waals surface area (Å²) in [6.45, 7) is 0. The summed E-state index contributed by atoms with van der Waals surface area (Å²) >= 11 is 0. The van der Waals surface area contributed by atoms with Gasteiger partial charge in [-0.2, -0.15) is 0 Å². The number of aromatic amines is 1. The van der Waals surface area contributed by atoms with Gasteiger partial charge in [-0.15, -0.1) is 0 Å². The molecule has 6 heterocycles. The van der Waals surface area contributed by atoms with E-state index >= 15 is 0 Å². The van der Waals surface area contributed by atoms with Crippen LogP contribution in [0.4, 0.5) is 0 Å². The second-order valence-electron chi connectivity index (χ2n) is 7.91. The molecule has 0 aliphatic carbocycles. The summed E-state index contributed by atoms with van der Waals surface area (Å²) in [5, 5.41) is 0. The van der Waals surface area contributed by atoms with Gasteiger partial charge >= 0.3 is 0 Å². The van der Waals surface area contributed by atoms with E-state index < -0.39 is 0 Å². The standard InChI is InChI=1S/C15H11N3O.C15H11N3.CH4.Pt/c19-11-9-14(12-5-1-3-7-16-12)18-15(10-11)13-6-2-4-8-17-13;1-3-10-16-12(6-1)14-8-5-9-15(18-14)13-7-2-4-11-17-13;;/h1-10H,(H,18,19);1-11H;1H4;. The van der Waals surface area contributed by atoms with E-state index in [1.165, 1.54) is 12.1 Å². The Balaban J connectivity index is 0.000000205.